The van der Waals surface area contributed by atoms with Gasteiger partial charge in [-0.15, -0.1) is 0 Å². The Morgan fingerprint density at radius 2 is 2.05 bits per heavy atom. The first-order valence-electron chi connectivity index (χ1n) is 6.71. The number of carbonyl (C=O) groups excluding carboxylic acids is 2. The van der Waals surface area contributed by atoms with E-state index in [1.54, 1.807) is 26.0 Å². The molecule has 2 amide bonds. The summed E-state index contributed by atoms with van der Waals surface area (Å²) >= 11 is 0. The number of likely N-dealkylation sites (N-methyl/N-ethyl adjacent to an activating group) is 1. The lowest BCUT2D eigenvalue weighted by Crippen LogP contribution is -2.44. The van der Waals surface area contributed by atoms with Crippen LogP contribution in [0.25, 0.3) is 0 Å². The lowest BCUT2D eigenvalue weighted by molar-refractivity contribution is -0.136. The molecule has 0 aromatic heterocycles. The van der Waals surface area contributed by atoms with Crippen molar-refractivity contribution in [1.29, 1.82) is 0 Å². The normalized spacial score (nSPS) is 19.9. The zero-order valence-corrected chi connectivity index (χ0v) is 12.1. The van der Waals surface area contributed by atoms with E-state index in [1.807, 2.05) is 24.3 Å². The van der Waals surface area contributed by atoms with E-state index in [4.69, 9.17) is 4.74 Å². The third-order valence-electron chi connectivity index (χ3n) is 3.84. The molecule has 0 spiro atoms. The molecule has 108 valence electrons. The predicted molar refractivity (Wildman–Crippen MR) is 75.6 cm³/mol. The van der Waals surface area contributed by atoms with Gasteiger partial charge in [0.15, 0.2) is 0 Å². The van der Waals surface area contributed by atoms with Gasteiger partial charge in [0.1, 0.15) is 11.8 Å². The van der Waals surface area contributed by atoms with Gasteiger partial charge in [0.25, 0.3) is 0 Å². The Morgan fingerprint density at radius 3 is 2.60 bits per heavy atom. The molecule has 5 heteroatoms. The Bertz CT molecular complexity index is 498. The molecule has 2 atom stereocenters. The SMILES string of the molecule is CNC(=O)C(C)N1C[C@@H](c2ccc(OC)cc2)CC1=O. The summed E-state index contributed by atoms with van der Waals surface area (Å²) in [6.07, 6.45) is 0.452. The van der Waals surface area contributed by atoms with Crippen LogP contribution in [0.5, 0.6) is 5.75 Å². The molecule has 1 saturated heterocycles. The van der Waals surface area contributed by atoms with Crippen molar-refractivity contribution in [3.8, 4) is 5.75 Å². The van der Waals surface area contributed by atoms with Crippen LogP contribution in [0.15, 0.2) is 24.3 Å². The van der Waals surface area contributed by atoms with Crippen LogP contribution in [0.2, 0.25) is 0 Å². The number of benzene rings is 1. The average molecular weight is 276 g/mol. The predicted octanol–water partition coefficient (Wildman–Crippen LogP) is 1.15. The molecule has 20 heavy (non-hydrogen) atoms. The number of likely N-dealkylation sites (tertiary alicyclic amines) is 1. The Morgan fingerprint density at radius 1 is 1.40 bits per heavy atom. The van der Waals surface area contributed by atoms with E-state index < -0.39 is 6.04 Å². The maximum absolute atomic E-state index is 12.1. The topological polar surface area (TPSA) is 58.6 Å². The fourth-order valence-corrected chi connectivity index (χ4v) is 2.56. The Labute approximate surface area is 118 Å². The van der Waals surface area contributed by atoms with Crippen molar-refractivity contribution >= 4 is 11.8 Å². The van der Waals surface area contributed by atoms with Gasteiger partial charge in [0.05, 0.1) is 7.11 Å². The van der Waals surface area contributed by atoms with Crippen LogP contribution in [0.4, 0.5) is 0 Å². The number of nitrogens with zero attached hydrogens (tertiary/aromatic N) is 1. The van der Waals surface area contributed by atoms with E-state index in [-0.39, 0.29) is 17.7 Å². The molecule has 1 aliphatic rings. The van der Waals surface area contributed by atoms with Crippen LogP contribution >= 0.6 is 0 Å². The quantitative estimate of drug-likeness (QED) is 0.897. The Hall–Kier alpha value is -2.04. The van der Waals surface area contributed by atoms with E-state index in [1.165, 1.54) is 0 Å². The number of methoxy groups -OCH3 is 1. The van der Waals surface area contributed by atoms with Gasteiger partial charge < -0.3 is 15.0 Å². The van der Waals surface area contributed by atoms with Gasteiger partial charge in [-0.1, -0.05) is 12.1 Å². The second-order valence-electron chi connectivity index (χ2n) is 5.01. The molecule has 1 aromatic carbocycles. The number of ether oxygens (including phenoxy) is 1. The van der Waals surface area contributed by atoms with Crippen molar-refractivity contribution in [3.05, 3.63) is 29.8 Å². The molecule has 0 aliphatic carbocycles. The van der Waals surface area contributed by atoms with Gasteiger partial charge in [-0.2, -0.15) is 0 Å². The minimum Gasteiger partial charge on any atom is -0.497 e. The number of amides is 2. The number of carbonyl (C=O) groups is 2. The number of rotatable bonds is 4. The highest BCUT2D eigenvalue weighted by Gasteiger charge is 2.35. The van der Waals surface area contributed by atoms with Crippen molar-refractivity contribution in [2.45, 2.75) is 25.3 Å². The summed E-state index contributed by atoms with van der Waals surface area (Å²) in [5.74, 6) is 0.838. The molecule has 0 radical (unpaired) electrons. The molecule has 0 saturated carbocycles. The minimum absolute atomic E-state index is 0.0296. The van der Waals surface area contributed by atoms with Crippen LogP contribution in [-0.2, 0) is 9.59 Å². The fourth-order valence-electron chi connectivity index (χ4n) is 2.56. The van der Waals surface area contributed by atoms with E-state index in [9.17, 15) is 9.59 Å². The monoisotopic (exact) mass is 276 g/mol. The second-order valence-corrected chi connectivity index (χ2v) is 5.01. The first-order valence-corrected chi connectivity index (χ1v) is 6.71. The van der Waals surface area contributed by atoms with Crippen molar-refractivity contribution < 1.29 is 14.3 Å². The average Bonchev–Trinajstić information content (AvgIpc) is 2.87. The highest BCUT2D eigenvalue weighted by molar-refractivity contribution is 5.88. The van der Waals surface area contributed by atoms with Crippen molar-refractivity contribution in [2.24, 2.45) is 0 Å². The second kappa shape index (κ2) is 5.94. The summed E-state index contributed by atoms with van der Waals surface area (Å²) in [5.41, 5.74) is 1.10. The summed E-state index contributed by atoms with van der Waals surface area (Å²) < 4.78 is 5.13. The van der Waals surface area contributed by atoms with Gasteiger partial charge in [0.2, 0.25) is 11.8 Å². The fraction of sp³-hybridized carbons (Fsp3) is 0.467. The van der Waals surface area contributed by atoms with Crippen LogP contribution in [-0.4, -0.2) is 43.5 Å². The van der Waals surface area contributed by atoms with Gasteiger partial charge in [0, 0.05) is 25.9 Å². The largest absolute Gasteiger partial charge is 0.497 e. The van der Waals surface area contributed by atoms with Gasteiger partial charge >= 0.3 is 0 Å². The van der Waals surface area contributed by atoms with Gasteiger partial charge in [-0.05, 0) is 24.6 Å². The molecule has 1 heterocycles. The summed E-state index contributed by atoms with van der Waals surface area (Å²) in [6, 6.07) is 7.32. The zero-order valence-electron chi connectivity index (χ0n) is 12.1. The Balaban J connectivity index is 2.09. The van der Waals surface area contributed by atoms with Crippen molar-refractivity contribution in [3.63, 3.8) is 0 Å². The van der Waals surface area contributed by atoms with Crippen LogP contribution in [0.1, 0.15) is 24.8 Å². The van der Waals surface area contributed by atoms with Crippen LogP contribution < -0.4 is 10.1 Å². The van der Waals surface area contributed by atoms with Gasteiger partial charge in [-0.3, -0.25) is 9.59 Å². The number of nitrogens with one attached hydrogen (secondary N) is 1. The summed E-state index contributed by atoms with van der Waals surface area (Å²) in [7, 11) is 3.21. The number of hydrogen-bond donors (Lipinski definition) is 1. The Kier molecular flexibility index (Phi) is 4.27. The van der Waals surface area contributed by atoms with E-state index >= 15 is 0 Å². The van der Waals surface area contributed by atoms with E-state index in [0.29, 0.717) is 13.0 Å². The first-order chi connectivity index (χ1) is 9.56. The lowest BCUT2D eigenvalue weighted by Gasteiger charge is -2.23. The van der Waals surface area contributed by atoms with Crippen molar-refractivity contribution in [1.82, 2.24) is 10.2 Å². The molecule has 1 aromatic rings. The highest BCUT2D eigenvalue weighted by atomic mass is 16.5. The van der Waals surface area contributed by atoms with E-state index in [0.717, 1.165) is 11.3 Å². The number of hydrogen-bond acceptors (Lipinski definition) is 3. The molecule has 5 nitrogen and oxygen atoms in total. The summed E-state index contributed by atoms with van der Waals surface area (Å²) in [5, 5.41) is 2.58. The van der Waals surface area contributed by atoms with E-state index in [2.05, 4.69) is 5.32 Å². The molecule has 1 aliphatic heterocycles. The smallest absolute Gasteiger partial charge is 0.242 e. The molecule has 0 bridgehead atoms. The summed E-state index contributed by atoms with van der Waals surface area (Å²) in [6.45, 7) is 2.34. The lowest BCUT2D eigenvalue weighted by atomic mass is 9.98. The van der Waals surface area contributed by atoms with Crippen molar-refractivity contribution in [2.75, 3.05) is 20.7 Å². The molecule has 1 unspecified atom stereocenters. The minimum atomic E-state index is -0.421. The maximum atomic E-state index is 12.1. The molecule has 1 fully saturated rings. The first kappa shape index (κ1) is 14.4. The zero-order chi connectivity index (χ0) is 14.7. The molecular formula is C15H20N2O3. The van der Waals surface area contributed by atoms with Crippen LogP contribution in [0, 0.1) is 0 Å². The third kappa shape index (κ3) is 2.76. The molecule has 1 N–H and O–H groups in total. The highest BCUT2D eigenvalue weighted by Crippen LogP contribution is 2.30. The van der Waals surface area contributed by atoms with Crippen LogP contribution in [0.3, 0.4) is 0 Å². The molecular weight excluding hydrogens is 256 g/mol. The standard InChI is InChI=1S/C15H20N2O3/c1-10(15(19)16-2)17-9-12(8-14(17)18)11-4-6-13(20-3)7-5-11/h4-7,10,12H,8-9H2,1-3H3,(H,16,19)/t10?,12-/m0/s1. The third-order valence-corrected chi connectivity index (χ3v) is 3.84. The maximum Gasteiger partial charge on any atom is 0.242 e. The summed E-state index contributed by atoms with van der Waals surface area (Å²) in [4.78, 5) is 25.4. The van der Waals surface area contributed by atoms with Gasteiger partial charge in [-0.25, -0.2) is 0 Å². The molecule has 2 rings (SSSR count).